The molecule has 1 N–H and O–H groups in total. The highest BCUT2D eigenvalue weighted by atomic mass is 32.1. The highest BCUT2D eigenvalue weighted by Crippen LogP contribution is 2.40. The second kappa shape index (κ2) is 6.11. The molecule has 0 saturated carbocycles. The summed E-state index contributed by atoms with van der Waals surface area (Å²) in [4.78, 5) is 18.9. The maximum absolute atomic E-state index is 12.2. The van der Waals surface area contributed by atoms with Crippen LogP contribution in [-0.4, -0.2) is 36.7 Å². The van der Waals surface area contributed by atoms with Crippen molar-refractivity contribution >= 4 is 28.1 Å². The van der Waals surface area contributed by atoms with E-state index < -0.39 is 0 Å². The van der Waals surface area contributed by atoms with Gasteiger partial charge in [0.05, 0.1) is 23.9 Å². The minimum Gasteiger partial charge on any atom is -0.376 e. The van der Waals surface area contributed by atoms with Gasteiger partial charge >= 0.3 is 0 Å². The van der Waals surface area contributed by atoms with Crippen molar-refractivity contribution in [2.24, 2.45) is 0 Å². The van der Waals surface area contributed by atoms with Gasteiger partial charge in [-0.2, -0.15) is 0 Å². The summed E-state index contributed by atoms with van der Waals surface area (Å²) in [6, 6.07) is 4.38. The number of ether oxygens (including phenoxy) is 1. The first kappa shape index (κ1) is 15.3. The Kier molecular flexibility index (Phi) is 3.75. The third-order valence-corrected chi connectivity index (χ3v) is 6.11. The third kappa shape index (κ3) is 2.73. The average Bonchev–Trinajstić information content (AvgIpc) is 3.35. The zero-order chi connectivity index (χ0) is 16.8. The molecule has 0 spiro atoms. The highest BCUT2D eigenvalue weighted by molar-refractivity contribution is 7.14. The monoisotopic (exact) mass is 355 g/mol. The standard InChI is InChI=1S/C19H21N3O2S/c23-17-9-14-8-13(7-12-3-1-5-22(17)18(12)14)16-11-25-19(21-16)20-10-15-4-2-6-24-15/h7-8,11,15H,1-6,9-10H2,(H,20,21)/t15-/m1/s1. The molecule has 3 aliphatic rings. The lowest BCUT2D eigenvalue weighted by Gasteiger charge is -2.25. The van der Waals surface area contributed by atoms with Crippen LogP contribution in [-0.2, 0) is 22.4 Å². The highest BCUT2D eigenvalue weighted by Gasteiger charge is 2.32. The Labute approximate surface area is 151 Å². The molecule has 2 aromatic rings. The van der Waals surface area contributed by atoms with E-state index in [1.165, 1.54) is 16.8 Å². The summed E-state index contributed by atoms with van der Waals surface area (Å²) in [5.41, 5.74) is 5.76. The van der Waals surface area contributed by atoms with E-state index in [9.17, 15) is 4.79 Å². The van der Waals surface area contributed by atoms with Crippen LogP contribution in [0.25, 0.3) is 11.3 Å². The molecule has 1 atom stereocenters. The number of amides is 1. The number of thiazole rings is 1. The number of rotatable bonds is 4. The van der Waals surface area contributed by atoms with E-state index in [-0.39, 0.29) is 5.91 Å². The topological polar surface area (TPSA) is 54.5 Å². The lowest BCUT2D eigenvalue weighted by atomic mass is 9.96. The van der Waals surface area contributed by atoms with Crippen molar-refractivity contribution in [3.05, 3.63) is 28.6 Å². The van der Waals surface area contributed by atoms with Crippen LogP contribution in [0.15, 0.2) is 17.5 Å². The molecule has 3 aliphatic heterocycles. The van der Waals surface area contributed by atoms with Crippen molar-refractivity contribution in [2.75, 3.05) is 29.9 Å². The van der Waals surface area contributed by atoms with Gasteiger partial charge < -0.3 is 15.0 Å². The number of aromatic nitrogens is 1. The molecule has 0 bridgehead atoms. The predicted molar refractivity (Wildman–Crippen MR) is 99.4 cm³/mol. The van der Waals surface area contributed by atoms with Crippen LogP contribution >= 0.6 is 11.3 Å². The van der Waals surface area contributed by atoms with E-state index in [1.807, 2.05) is 4.90 Å². The minimum absolute atomic E-state index is 0.241. The molecular weight excluding hydrogens is 334 g/mol. The normalized spacial score (nSPS) is 21.7. The quantitative estimate of drug-likeness (QED) is 0.915. The third-order valence-electron chi connectivity index (χ3n) is 5.31. The van der Waals surface area contributed by atoms with Crippen LogP contribution in [0.4, 0.5) is 10.8 Å². The Hall–Kier alpha value is -1.92. The van der Waals surface area contributed by atoms with E-state index in [4.69, 9.17) is 9.72 Å². The largest absolute Gasteiger partial charge is 0.376 e. The van der Waals surface area contributed by atoms with Crippen LogP contribution in [0.1, 0.15) is 30.4 Å². The maximum atomic E-state index is 12.2. The molecule has 0 unspecified atom stereocenters. The minimum atomic E-state index is 0.241. The first-order chi connectivity index (χ1) is 12.3. The molecule has 1 aromatic carbocycles. The van der Waals surface area contributed by atoms with Gasteiger partial charge in [0.2, 0.25) is 5.91 Å². The summed E-state index contributed by atoms with van der Waals surface area (Å²) >= 11 is 1.63. The van der Waals surface area contributed by atoms with Gasteiger partial charge in [0.1, 0.15) is 0 Å². The second-order valence-corrected chi connectivity index (χ2v) is 7.88. The van der Waals surface area contributed by atoms with Gasteiger partial charge in [-0.1, -0.05) is 0 Å². The molecule has 1 fully saturated rings. The molecule has 1 amide bonds. The Bertz CT molecular complexity index is 826. The summed E-state index contributed by atoms with van der Waals surface area (Å²) in [5, 5.41) is 6.45. The predicted octanol–water partition coefficient (Wildman–Crippen LogP) is 3.24. The number of hydrogen-bond donors (Lipinski definition) is 1. The van der Waals surface area contributed by atoms with Crippen LogP contribution < -0.4 is 10.2 Å². The number of anilines is 2. The summed E-state index contributed by atoms with van der Waals surface area (Å²) < 4.78 is 5.65. The van der Waals surface area contributed by atoms with Crippen molar-refractivity contribution in [3.63, 3.8) is 0 Å². The molecule has 25 heavy (non-hydrogen) atoms. The molecule has 0 radical (unpaired) electrons. The smallest absolute Gasteiger partial charge is 0.231 e. The molecule has 6 heteroatoms. The Morgan fingerprint density at radius 2 is 2.24 bits per heavy atom. The van der Waals surface area contributed by atoms with Gasteiger partial charge in [-0.05, 0) is 48.9 Å². The maximum Gasteiger partial charge on any atom is 0.231 e. The van der Waals surface area contributed by atoms with Crippen molar-refractivity contribution in [1.29, 1.82) is 0 Å². The fourth-order valence-corrected chi connectivity index (χ4v) is 4.85. The Morgan fingerprint density at radius 3 is 3.12 bits per heavy atom. The lowest BCUT2D eigenvalue weighted by Crippen LogP contribution is -2.31. The fourth-order valence-electron chi connectivity index (χ4n) is 4.12. The number of aryl methyl sites for hydroxylation is 1. The van der Waals surface area contributed by atoms with E-state index in [1.54, 1.807) is 11.3 Å². The van der Waals surface area contributed by atoms with Crippen molar-refractivity contribution < 1.29 is 9.53 Å². The summed E-state index contributed by atoms with van der Waals surface area (Å²) in [6.45, 7) is 2.57. The van der Waals surface area contributed by atoms with Crippen LogP contribution in [0, 0.1) is 0 Å². The molecule has 4 heterocycles. The van der Waals surface area contributed by atoms with Crippen molar-refractivity contribution in [1.82, 2.24) is 4.98 Å². The van der Waals surface area contributed by atoms with E-state index in [2.05, 4.69) is 22.8 Å². The molecule has 130 valence electrons. The van der Waals surface area contributed by atoms with E-state index in [0.29, 0.717) is 12.5 Å². The Morgan fingerprint density at radius 1 is 1.32 bits per heavy atom. The van der Waals surface area contributed by atoms with Gasteiger partial charge in [-0.3, -0.25) is 4.79 Å². The number of carbonyl (C=O) groups is 1. The first-order valence-corrected chi connectivity index (χ1v) is 9.93. The van der Waals surface area contributed by atoms with Gasteiger partial charge in [0, 0.05) is 30.6 Å². The summed E-state index contributed by atoms with van der Waals surface area (Å²) in [5.74, 6) is 0.241. The SMILES string of the molecule is O=C1Cc2cc(-c3csc(NC[C@H]4CCCO4)n3)cc3c2N1CCC3. The van der Waals surface area contributed by atoms with E-state index in [0.717, 1.165) is 61.8 Å². The average molecular weight is 355 g/mol. The molecule has 5 rings (SSSR count). The zero-order valence-electron chi connectivity index (χ0n) is 14.1. The zero-order valence-corrected chi connectivity index (χ0v) is 14.9. The molecule has 0 aliphatic carbocycles. The van der Waals surface area contributed by atoms with Crippen molar-refractivity contribution in [2.45, 2.75) is 38.2 Å². The molecule has 1 saturated heterocycles. The summed E-state index contributed by atoms with van der Waals surface area (Å²) in [6.07, 6.45) is 5.23. The second-order valence-electron chi connectivity index (χ2n) is 7.02. The molecule has 5 nitrogen and oxygen atoms in total. The number of nitrogens with zero attached hydrogens (tertiary/aromatic N) is 2. The fraction of sp³-hybridized carbons (Fsp3) is 0.474. The van der Waals surface area contributed by atoms with Crippen LogP contribution in [0.3, 0.4) is 0 Å². The molecular formula is C19H21N3O2S. The molecule has 1 aromatic heterocycles. The van der Waals surface area contributed by atoms with Crippen LogP contribution in [0.5, 0.6) is 0 Å². The number of nitrogens with one attached hydrogen (secondary N) is 1. The summed E-state index contributed by atoms with van der Waals surface area (Å²) in [7, 11) is 0. The number of hydrogen-bond acceptors (Lipinski definition) is 5. The van der Waals surface area contributed by atoms with Gasteiger partial charge in [0.15, 0.2) is 5.13 Å². The van der Waals surface area contributed by atoms with Gasteiger partial charge in [-0.25, -0.2) is 4.98 Å². The Balaban J connectivity index is 1.39. The van der Waals surface area contributed by atoms with E-state index >= 15 is 0 Å². The van der Waals surface area contributed by atoms with Gasteiger partial charge in [0.25, 0.3) is 0 Å². The lowest BCUT2D eigenvalue weighted by molar-refractivity contribution is -0.117. The van der Waals surface area contributed by atoms with Crippen molar-refractivity contribution in [3.8, 4) is 11.3 Å². The first-order valence-electron chi connectivity index (χ1n) is 9.05. The van der Waals surface area contributed by atoms with Crippen LogP contribution in [0.2, 0.25) is 0 Å². The van der Waals surface area contributed by atoms with Gasteiger partial charge in [-0.15, -0.1) is 11.3 Å². The number of carbonyl (C=O) groups excluding carboxylic acids is 1. The number of benzene rings is 1.